The van der Waals surface area contributed by atoms with Crippen LogP contribution < -0.4 is 0 Å². The summed E-state index contributed by atoms with van der Waals surface area (Å²) in [6.45, 7) is 0. The van der Waals surface area contributed by atoms with Crippen molar-refractivity contribution in [3.63, 3.8) is 0 Å². The number of hydrogen-bond donors (Lipinski definition) is 0. The monoisotopic (exact) mass is 220 g/mol. The maximum absolute atomic E-state index is 8.58. The summed E-state index contributed by atoms with van der Waals surface area (Å²) in [5.74, 6) is 0.910. The van der Waals surface area contributed by atoms with Gasteiger partial charge in [-0.05, 0) is 12.1 Å². The van der Waals surface area contributed by atoms with E-state index in [-0.39, 0.29) is 5.88 Å². The van der Waals surface area contributed by atoms with Crippen LogP contribution in [0.4, 0.5) is 0 Å². The second-order valence-electron chi connectivity index (χ2n) is 2.69. The molecular weight excluding hydrogens is 216 g/mol. The molecule has 74 valence electrons. The van der Waals surface area contributed by atoms with Gasteiger partial charge in [0.2, 0.25) is 0 Å². The molecule has 0 aliphatic carbocycles. The van der Waals surface area contributed by atoms with E-state index in [1.54, 1.807) is 12.1 Å². The minimum absolute atomic E-state index is 0.194. The van der Waals surface area contributed by atoms with Gasteiger partial charge in [-0.2, -0.15) is 10.2 Å². The van der Waals surface area contributed by atoms with E-state index < -0.39 is 0 Å². The number of halogens is 1. The topological polar surface area (TPSA) is 75.6 Å². The average molecular weight is 221 g/mol. The Bertz CT molecular complexity index is 500. The number of nitrogens with zero attached hydrogens (tertiary/aromatic N) is 4. The van der Waals surface area contributed by atoms with Gasteiger partial charge in [0.25, 0.3) is 5.89 Å². The Labute approximate surface area is 90.3 Å². The molecule has 5 nitrogen and oxygen atoms in total. The van der Waals surface area contributed by atoms with E-state index in [1.807, 2.05) is 6.07 Å². The molecule has 15 heavy (non-hydrogen) atoms. The molecule has 0 aliphatic rings. The van der Waals surface area contributed by atoms with Crippen LogP contribution in [0.2, 0.25) is 0 Å². The fourth-order valence-corrected chi connectivity index (χ4v) is 1.11. The highest BCUT2D eigenvalue weighted by Gasteiger charge is 2.08. The highest BCUT2D eigenvalue weighted by molar-refractivity contribution is 6.16. The number of pyridine rings is 1. The molecule has 0 saturated carbocycles. The van der Waals surface area contributed by atoms with Gasteiger partial charge >= 0.3 is 0 Å². The molecule has 0 bridgehead atoms. The van der Waals surface area contributed by atoms with E-state index in [1.165, 1.54) is 6.20 Å². The summed E-state index contributed by atoms with van der Waals surface area (Å²) >= 11 is 5.53. The Morgan fingerprint density at radius 3 is 2.87 bits per heavy atom. The second kappa shape index (κ2) is 4.07. The van der Waals surface area contributed by atoms with E-state index in [2.05, 4.69) is 15.1 Å². The molecule has 0 aromatic carbocycles. The fourth-order valence-electron chi connectivity index (χ4n) is 0.999. The summed E-state index contributed by atoms with van der Waals surface area (Å²) in [5, 5.41) is 12.2. The van der Waals surface area contributed by atoms with Crippen LogP contribution in [0.25, 0.3) is 11.6 Å². The third-order valence-electron chi connectivity index (χ3n) is 1.70. The van der Waals surface area contributed by atoms with Gasteiger partial charge in [-0.3, -0.25) is 0 Å². The fraction of sp³-hybridized carbons (Fsp3) is 0.111. The number of aromatic nitrogens is 3. The van der Waals surface area contributed by atoms with Crippen LogP contribution in [-0.2, 0) is 5.88 Å². The van der Waals surface area contributed by atoms with Crippen molar-refractivity contribution in [3.05, 3.63) is 29.7 Å². The zero-order chi connectivity index (χ0) is 10.7. The second-order valence-corrected chi connectivity index (χ2v) is 2.96. The van der Waals surface area contributed by atoms with Crippen LogP contribution >= 0.6 is 11.6 Å². The van der Waals surface area contributed by atoms with Crippen molar-refractivity contribution >= 4 is 11.6 Å². The van der Waals surface area contributed by atoms with E-state index in [0.29, 0.717) is 23.0 Å². The molecule has 6 heteroatoms. The quantitative estimate of drug-likeness (QED) is 0.721. The molecule has 0 atom stereocenters. The first-order valence-electron chi connectivity index (χ1n) is 4.08. The molecule has 0 radical (unpaired) electrons. The Morgan fingerprint density at radius 1 is 1.47 bits per heavy atom. The molecule has 0 unspecified atom stereocenters. The lowest BCUT2D eigenvalue weighted by Crippen LogP contribution is -1.85. The van der Waals surface area contributed by atoms with Crippen molar-refractivity contribution in [1.29, 1.82) is 5.26 Å². The van der Waals surface area contributed by atoms with Crippen molar-refractivity contribution in [2.45, 2.75) is 5.88 Å². The Balaban J connectivity index is 2.33. The predicted octanol–water partition coefficient (Wildman–Crippen LogP) is 1.74. The first-order chi connectivity index (χ1) is 7.33. The Hall–Kier alpha value is -1.93. The van der Waals surface area contributed by atoms with Crippen LogP contribution in [0.1, 0.15) is 11.4 Å². The number of hydrogen-bond acceptors (Lipinski definition) is 5. The summed E-state index contributed by atoms with van der Waals surface area (Å²) in [5.41, 5.74) is 1.01. The van der Waals surface area contributed by atoms with E-state index in [4.69, 9.17) is 21.4 Å². The largest absolute Gasteiger partial charge is 0.332 e. The molecule has 2 rings (SSSR count). The molecule has 0 amide bonds. The van der Waals surface area contributed by atoms with Crippen LogP contribution in [0.3, 0.4) is 0 Å². The third-order valence-corrected chi connectivity index (χ3v) is 1.94. The molecule has 0 aliphatic heterocycles. The standard InChI is InChI=1S/C9H5ClN4O/c10-3-8-13-9(15-14-8)7-2-1-6(4-11)5-12-7/h1-2,5H,3H2. The van der Waals surface area contributed by atoms with Gasteiger partial charge in [0.15, 0.2) is 5.82 Å². The van der Waals surface area contributed by atoms with Gasteiger partial charge in [0.1, 0.15) is 11.8 Å². The maximum atomic E-state index is 8.58. The summed E-state index contributed by atoms with van der Waals surface area (Å²) in [6.07, 6.45) is 1.44. The van der Waals surface area contributed by atoms with Gasteiger partial charge < -0.3 is 4.52 Å². The summed E-state index contributed by atoms with van der Waals surface area (Å²) < 4.78 is 4.92. The van der Waals surface area contributed by atoms with E-state index in [9.17, 15) is 0 Å². The van der Waals surface area contributed by atoms with Gasteiger partial charge in [-0.15, -0.1) is 11.6 Å². The lowest BCUT2D eigenvalue weighted by atomic mass is 10.3. The average Bonchev–Trinajstić information content (AvgIpc) is 2.78. The van der Waals surface area contributed by atoms with Gasteiger partial charge in [0, 0.05) is 6.20 Å². The minimum atomic E-state index is 0.194. The summed E-state index contributed by atoms with van der Waals surface area (Å²) in [7, 11) is 0. The van der Waals surface area contributed by atoms with Crippen LogP contribution in [0.15, 0.2) is 22.9 Å². The zero-order valence-corrected chi connectivity index (χ0v) is 8.27. The maximum Gasteiger partial charge on any atom is 0.276 e. The number of nitriles is 1. The summed E-state index contributed by atoms with van der Waals surface area (Å²) in [6, 6.07) is 5.25. The van der Waals surface area contributed by atoms with Crippen molar-refractivity contribution < 1.29 is 4.52 Å². The highest BCUT2D eigenvalue weighted by Crippen LogP contribution is 2.14. The Morgan fingerprint density at radius 2 is 2.33 bits per heavy atom. The molecule has 0 spiro atoms. The van der Waals surface area contributed by atoms with Gasteiger partial charge in [0.05, 0.1) is 11.4 Å². The number of alkyl halides is 1. The first kappa shape index (κ1) is 9.62. The van der Waals surface area contributed by atoms with Crippen LogP contribution in [-0.4, -0.2) is 15.1 Å². The molecule has 0 N–H and O–H groups in total. The van der Waals surface area contributed by atoms with Gasteiger partial charge in [-0.1, -0.05) is 5.16 Å². The molecule has 0 saturated heterocycles. The van der Waals surface area contributed by atoms with Crippen LogP contribution in [0.5, 0.6) is 0 Å². The molecule has 2 heterocycles. The highest BCUT2D eigenvalue weighted by atomic mass is 35.5. The lowest BCUT2D eigenvalue weighted by molar-refractivity contribution is 0.423. The summed E-state index contributed by atoms with van der Waals surface area (Å²) in [4.78, 5) is 8.00. The predicted molar refractivity (Wildman–Crippen MR) is 51.8 cm³/mol. The lowest BCUT2D eigenvalue weighted by Gasteiger charge is -1.91. The first-order valence-corrected chi connectivity index (χ1v) is 4.62. The van der Waals surface area contributed by atoms with Crippen LogP contribution in [0, 0.1) is 11.3 Å². The zero-order valence-electron chi connectivity index (χ0n) is 7.51. The van der Waals surface area contributed by atoms with Crippen molar-refractivity contribution in [2.75, 3.05) is 0 Å². The smallest absolute Gasteiger partial charge is 0.276 e. The van der Waals surface area contributed by atoms with E-state index in [0.717, 1.165) is 0 Å². The minimum Gasteiger partial charge on any atom is -0.332 e. The Kier molecular flexibility index (Phi) is 2.61. The molecular formula is C9H5ClN4O. The van der Waals surface area contributed by atoms with Gasteiger partial charge in [-0.25, -0.2) is 4.98 Å². The van der Waals surface area contributed by atoms with E-state index >= 15 is 0 Å². The SMILES string of the molecule is N#Cc1ccc(-c2nc(CCl)no2)nc1. The molecule has 0 fully saturated rings. The van der Waals surface area contributed by atoms with Crippen molar-refractivity contribution in [3.8, 4) is 17.7 Å². The third kappa shape index (κ3) is 1.95. The normalized spacial score (nSPS) is 9.87. The van der Waals surface area contributed by atoms with Crippen molar-refractivity contribution in [2.24, 2.45) is 0 Å². The molecule has 2 aromatic heterocycles. The number of rotatable bonds is 2. The molecule has 2 aromatic rings. The van der Waals surface area contributed by atoms with Crippen molar-refractivity contribution in [1.82, 2.24) is 15.1 Å².